The molecule has 3 rings (SSSR count). The predicted octanol–water partition coefficient (Wildman–Crippen LogP) is 2.06. The molecule has 1 aliphatic rings. The molecule has 0 radical (unpaired) electrons. The molecule has 1 aromatic heterocycles. The monoisotopic (exact) mass is 344 g/mol. The molecule has 1 atom stereocenters. The summed E-state index contributed by atoms with van der Waals surface area (Å²) in [6.07, 6.45) is 3.86. The van der Waals surface area contributed by atoms with E-state index in [-0.39, 0.29) is 11.8 Å². The summed E-state index contributed by atoms with van der Waals surface area (Å²) < 4.78 is 15.4. The summed E-state index contributed by atoms with van der Waals surface area (Å²) in [5.41, 5.74) is 1.23. The standard InChI is InChI=1S/C18H21FN4O2/c1-12-13(11-21-23(12)15-8-4-3-7-14(15)19)18(25)22-10-6-5-9-16(22)17(24)20-2/h3-4,7-8,11,16H,5-6,9-10H2,1-2H3,(H,20,24)/t16-/m0/s1. The molecule has 25 heavy (non-hydrogen) atoms. The Balaban J connectivity index is 1.93. The average Bonchev–Trinajstić information content (AvgIpc) is 3.02. The normalized spacial score (nSPS) is 17.4. The average molecular weight is 344 g/mol. The zero-order valence-corrected chi connectivity index (χ0v) is 14.3. The lowest BCUT2D eigenvalue weighted by molar-refractivity contribution is -0.126. The largest absolute Gasteiger partial charge is 0.357 e. The van der Waals surface area contributed by atoms with E-state index < -0.39 is 11.9 Å². The molecule has 132 valence electrons. The number of likely N-dealkylation sites (tertiary alicyclic amines) is 1. The second kappa shape index (κ2) is 7.04. The quantitative estimate of drug-likeness (QED) is 0.927. The first kappa shape index (κ1) is 17.1. The van der Waals surface area contributed by atoms with Crippen molar-refractivity contribution in [2.75, 3.05) is 13.6 Å². The van der Waals surface area contributed by atoms with Crippen molar-refractivity contribution in [3.63, 3.8) is 0 Å². The van der Waals surface area contributed by atoms with Gasteiger partial charge in [0.1, 0.15) is 17.5 Å². The number of likely N-dealkylation sites (N-methyl/N-ethyl adjacent to an activating group) is 1. The fourth-order valence-electron chi connectivity index (χ4n) is 3.25. The molecule has 1 aliphatic heterocycles. The van der Waals surface area contributed by atoms with Crippen molar-refractivity contribution < 1.29 is 14.0 Å². The van der Waals surface area contributed by atoms with Crippen molar-refractivity contribution in [3.8, 4) is 5.69 Å². The fourth-order valence-corrected chi connectivity index (χ4v) is 3.25. The van der Waals surface area contributed by atoms with E-state index in [1.807, 2.05) is 0 Å². The topological polar surface area (TPSA) is 67.2 Å². The lowest BCUT2D eigenvalue weighted by Gasteiger charge is -2.34. The van der Waals surface area contributed by atoms with E-state index in [1.165, 1.54) is 16.9 Å². The van der Waals surface area contributed by atoms with Gasteiger partial charge in [0.05, 0.1) is 17.5 Å². The third-order valence-corrected chi connectivity index (χ3v) is 4.63. The van der Waals surface area contributed by atoms with Gasteiger partial charge in [-0.05, 0) is 38.3 Å². The van der Waals surface area contributed by atoms with E-state index in [0.717, 1.165) is 12.8 Å². The van der Waals surface area contributed by atoms with Crippen molar-refractivity contribution in [2.24, 2.45) is 0 Å². The smallest absolute Gasteiger partial charge is 0.258 e. The number of rotatable bonds is 3. The van der Waals surface area contributed by atoms with Crippen LogP contribution in [0, 0.1) is 12.7 Å². The Morgan fingerprint density at radius 1 is 1.28 bits per heavy atom. The highest BCUT2D eigenvalue weighted by Gasteiger charge is 2.33. The van der Waals surface area contributed by atoms with E-state index in [0.29, 0.717) is 29.9 Å². The molecular formula is C18H21FN4O2. The van der Waals surface area contributed by atoms with Gasteiger partial charge >= 0.3 is 0 Å². The maximum atomic E-state index is 14.0. The van der Waals surface area contributed by atoms with Crippen LogP contribution in [0.4, 0.5) is 4.39 Å². The van der Waals surface area contributed by atoms with Gasteiger partial charge in [0.25, 0.3) is 5.91 Å². The molecule has 6 nitrogen and oxygen atoms in total. The van der Waals surface area contributed by atoms with Crippen LogP contribution in [-0.4, -0.2) is 46.1 Å². The summed E-state index contributed by atoms with van der Waals surface area (Å²) in [6.45, 7) is 2.26. The van der Waals surface area contributed by atoms with Gasteiger partial charge in [-0.15, -0.1) is 0 Å². The molecule has 0 saturated carbocycles. The van der Waals surface area contributed by atoms with Gasteiger partial charge in [0, 0.05) is 13.6 Å². The first-order valence-electron chi connectivity index (χ1n) is 8.36. The SMILES string of the molecule is CNC(=O)[C@@H]1CCCCN1C(=O)c1cnn(-c2ccccc2F)c1C. The van der Waals surface area contributed by atoms with Gasteiger partial charge in [-0.25, -0.2) is 9.07 Å². The lowest BCUT2D eigenvalue weighted by atomic mass is 10.00. The summed E-state index contributed by atoms with van der Waals surface area (Å²) in [4.78, 5) is 26.7. The zero-order chi connectivity index (χ0) is 18.0. The molecule has 1 aromatic carbocycles. The fraction of sp³-hybridized carbons (Fsp3) is 0.389. The number of aromatic nitrogens is 2. The van der Waals surface area contributed by atoms with Crippen LogP contribution in [0.25, 0.3) is 5.69 Å². The molecular weight excluding hydrogens is 323 g/mol. The number of nitrogens with zero attached hydrogens (tertiary/aromatic N) is 3. The highest BCUT2D eigenvalue weighted by molar-refractivity contribution is 5.98. The molecule has 0 bridgehead atoms. The van der Waals surface area contributed by atoms with Gasteiger partial charge in [0.2, 0.25) is 5.91 Å². The number of nitrogens with one attached hydrogen (secondary N) is 1. The second-order valence-corrected chi connectivity index (χ2v) is 6.13. The highest BCUT2D eigenvalue weighted by Crippen LogP contribution is 2.23. The summed E-state index contributed by atoms with van der Waals surface area (Å²) in [7, 11) is 1.57. The summed E-state index contributed by atoms with van der Waals surface area (Å²) in [5, 5.41) is 6.80. The minimum atomic E-state index is -0.470. The minimum Gasteiger partial charge on any atom is -0.357 e. The Morgan fingerprint density at radius 3 is 2.76 bits per heavy atom. The molecule has 1 saturated heterocycles. The number of para-hydroxylation sites is 1. The number of carbonyl (C=O) groups excluding carboxylic acids is 2. The minimum absolute atomic E-state index is 0.160. The molecule has 2 heterocycles. The van der Waals surface area contributed by atoms with Crippen molar-refractivity contribution in [3.05, 3.63) is 47.5 Å². The van der Waals surface area contributed by atoms with E-state index in [9.17, 15) is 14.0 Å². The Bertz CT molecular complexity index is 802. The van der Waals surface area contributed by atoms with E-state index in [1.54, 1.807) is 37.1 Å². The van der Waals surface area contributed by atoms with Crippen molar-refractivity contribution in [2.45, 2.75) is 32.2 Å². The Kier molecular flexibility index (Phi) is 4.83. The van der Waals surface area contributed by atoms with E-state index in [2.05, 4.69) is 10.4 Å². The summed E-state index contributed by atoms with van der Waals surface area (Å²) >= 11 is 0. The Morgan fingerprint density at radius 2 is 2.04 bits per heavy atom. The predicted molar refractivity (Wildman–Crippen MR) is 91.0 cm³/mol. The third kappa shape index (κ3) is 3.14. The summed E-state index contributed by atoms with van der Waals surface area (Å²) in [6, 6.07) is 5.81. The maximum Gasteiger partial charge on any atom is 0.258 e. The van der Waals surface area contributed by atoms with Gasteiger partial charge in [-0.3, -0.25) is 9.59 Å². The Hall–Kier alpha value is -2.70. The van der Waals surface area contributed by atoms with Crippen molar-refractivity contribution in [1.82, 2.24) is 20.0 Å². The first-order chi connectivity index (χ1) is 12.0. The number of carbonyl (C=O) groups is 2. The number of halogens is 1. The van der Waals surface area contributed by atoms with E-state index >= 15 is 0 Å². The van der Waals surface area contributed by atoms with Crippen LogP contribution in [-0.2, 0) is 4.79 Å². The van der Waals surface area contributed by atoms with Crippen LogP contribution < -0.4 is 5.32 Å². The highest BCUT2D eigenvalue weighted by atomic mass is 19.1. The molecule has 1 fully saturated rings. The van der Waals surface area contributed by atoms with Gasteiger partial charge in [0.15, 0.2) is 0 Å². The van der Waals surface area contributed by atoms with Crippen molar-refractivity contribution in [1.29, 1.82) is 0 Å². The van der Waals surface area contributed by atoms with Crippen LogP contribution in [0.2, 0.25) is 0 Å². The van der Waals surface area contributed by atoms with Gasteiger partial charge in [-0.2, -0.15) is 5.10 Å². The molecule has 1 N–H and O–H groups in total. The van der Waals surface area contributed by atoms with Crippen LogP contribution in [0.5, 0.6) is 0 Å². The maximum absolute atomic E-state index is 14.0. The molecule has 7 heteroatoms. The van der Waals surface area contributed by atoms with Crippen molar-refractivity contribution >= 4 is 11.8 Å². The third-order valence-electron chi connectivity index (χ3n) is 4.63. The number of hydrogen-bond acceptors (Lipinski definition) is 3. The lowest BCUT2D eigenvalue weighted by Crippen LogP contribution is -2.51. The van der Waals surface area contributed by atoms with Gasteiger partial charge < -0.3 is 10.2 Å². The van der Waals surface area contributed by atoms with Crippen LogP contribution >= 0.6 is 0 Å². The summed E-state index contributed by atoms with van der Waals surface area (Å²) in [5.74, 6) is -0.811. The number of piperidine rings is 1. The molecule has 2 amide bonds. The number of benzene rings is 1. The molecule has 2 aromatic rings. The van der Waals surface area contributed by atoms with Crippen LogP contribution in [0.1, 0.15) is 35.3 Å². The zero-order valence-electron chi connectivity index (χ0n) is 14.3. The van der Waals surface area contributed by atoms with E-state index in [4.69, 9.17) is 0 Å². The van der Waals surface area contributed by atoms with Crippen LogP contribution in [0.3, 0.4) is 0 Å². The number of hydrogen-bond donors (Lipinski definition) is 1. The molecule has 0 spiro atoms. The number of amides is 2. The molecule has 0 unspecified atom stereocenters. The Labute approximate surface area is 145 Å². The van der Waals surface area contributed by atoms with Crippen LogP contribution in [0.15, 0.2) is 30.5 Å². The second-order valence-electron chi connectivity index (χ2n) is 6.13. The van der Waals surface area contributed by atoms with Gasteiger partial charge in [-0.1, -0.05) is 12.1 Å². The molecule has 0 aliphatic carbocycles. The first-order valence-corrected chi connectivity index (χ1v) is 8.36.